The number of benzene rings is 3. The van der Waals surface area contributed by atoms with Crippen LogP contribution in [-0.2, 0) is 11.3 Å². The number of ether oxygens (including phenoxy) is 1. The van der Waals surface area contributed by atoms with Crippen LogP contribution in [0.2, 0.25) is 0 Å². The predicted octanol–water partition coefficient (Wildman–Crippen LogP) is 4.47. The van der Waals surface area contributed by atoms with Gasteiger partial charge in [-0.1, -0.05) is 30.3 Å². The predicted molar refractivity (Wildman–Crippen MR) is 98.0 cm³/mol. The summed E-state index contributed by atoms with van der Waals surface area (Å²) in [5, 5.41) is 11.6. The van der Waals surface area contributed by atoms with E-state index in [0.717, 1.165) is 11.0 Å². The van der Waals surface area contributed by atoms with Crippen LogP contribution in [0.1, 0.15) is 15.9 Å². The van der Waals surface area contributed by atoms with Crippen molar-refractivity contribution in [2.75, 3.05) is 7.11 Å². The normalized spacial score (nSPS) is 11.2. The minimum atomic E-state index is -0.483. The first kappa shape index (κ1) is 16.1. The highest BCUT2D eigenvalue weighted by Gasteiger charge is 2.20. The maximum absolute atomic E-state index is 14.2. The molecule has 4 nitrogen and oxygen atoms in total. The highest BCUT2D eigenvalue weighted by atomic mass is 19.1. The molecule has 4 rings (SSSR count). The number of aromatic hydroxyl groups is 1. The van der Waals surface area contributed by atoms with Gasteiger partial charge in [-0.2, -0.15) is 0 Å². The Hall–Kier alpha value is -3.34. The molecule has 0 spiro atoms. The summed E-state index contributed by atoms with van der Waals surface area (Å²) in [6.45, 7) is 0.279. The summed E-state index contributed by atoms with van der Waals surface area (Å²) in [4.78, 5) is 12.2. The number of halogens is 1. The second kappa shape index (κ2) is 6.19. The van der Waals surface area contributed by atoms with E-state index in [2.05, 4.69) is 0 Å². The van der Waals surface area contributed by atoms with Crippen LogP contribution in [0.25, 0.3) is 21.8 Å². The molecule has 1 aromatic heterocycles. The van der Waals surface area contributed by atoms with Crippen LogP contribution in [0.15, 0.2) is 60.7 Å². The van der Waals surface area contributed by atoms with E-state index >= 15 is 0 Å². The Balaban J connectivity index is 2.08. The molecule has 0 aliphatic carbocycles. The van der Waals surface area contributed by atoms with Gasteiger partial charge >= 0.3 is 5.97 Å². The Morgan fingerprint density at radius 1 is 1.00 bits per heavy atom. The van der Waals surface area contributed by atoms with Crippen molar-refractivity contribution in [3.8, 4) is 5.75 Å². The molecule has 0 bridgehead atoms. The highest BCUT2D eigenvalue weighted by Crippen LogP contribution is 2.37. The summed E-state index contributed by atoms with van der Waals surface area (Å²) in [5.41, 5.74) is 2.34. The lowest BCUT2D eigenvalue weighted by Gasteiger charge is -2.09. The van der Waals surface area contributed by atoms with Crippen molar-refractivity contribution in [2.45, 2.75) is 6.54 Å². The Kier molecular flexibility index (Phi) is 3.84. The molecule has 0 amide bonds. The van der Waals surface area contributed by atoms with Crippen LogP contribution in [0, 0.1) is 5.82 Å². The molecule has 0 atom stereocenters. The molecule has 0 saturated heterocycles. The zero-order valence-electron chi connectivity index (χ0n) is 14.1. The average molecular weight is 349 g/mol. The second-order valence-corrected chi connectivity index (χ2v) is 6.04. The van der Waals surface area contributed by atoms with Crippen molar-refractivity contribution < 1.29 is 19.0 Å². The molecule has 0 radical (unpaired) electrons. The SMILES string of the molecule is COC(=O)c1cccc2c1c1c(O)cccc1n2Cc1ccccc1F. The summed E-state index contributed by atoms with van der Waals surface area (Å²) in [6, 6.07) is 17.0. The summed E-state index contributed by atoms with van der Waals surface area (Å²) in [7, 11) is 1.32. The van der Waals surface area contributed by atoms with Gasteiger partial charge in [-0.3, -0.25) is 0 Å². The molecule has 0 saturated carbocycles. The standard InChI is InChI=1S/C21H16FNO3/c1-26-21(25)14-7-4-9-16-19(14)20-17(10-5-11-18(20)24)23(16)12-13-6-2-3-8-15(13)22/h2-11,24H,12H2,1H3. The van der Waals surface area contributed by atoms with E-state index in [1.807, 2.05) is 16.7 Å². The van der Waals surface area contributed by atoms with E-state index in [1.165, 1.54) is 13.2 Å². The van der Waals surface area contributed by atoms with Crippen molar-refractivity contribution in [1.29, 1.82) is 0 Å². The zero-order chi connectivity index (χ0) is 18.3. The third-order valence-corrected chi connectivity index (χ3v) is 4.59. The van der Waals surface area contributed by atoms with E-state index in [1.54, 1.807) is 42.5 Å². The first-order chi connectivity index (χ1) is 12.6. The molecular formula is C21H16FNO3. The van der Waals surface area contributed by atoms with E-state index in [9.17, 15) is 14.3 Å². The molecule has 4 aromatic rings. The van der Waals surface area contributed by atoms with Gasteiger partial charge in [-0.25, -0.2) is 9.18 Å². The van der Waals surface area contributed by atoms with Crippen molar-refractivity contribution in [3.63, 3.8) is 0 Å². The van der Waals surface area contributed by atoms with Crippen LogP contribution >= 0.6 is 0 Å². The number of fused-ring (bicyclic) bond motifs is 3. The van der Waals surface area contributed by atoms with Crippen LogP contribution in [0.3, 0.4) is 0 Å². The quantitative estimate of drug-likeness (QED) is 0.555. The number of aromatic nitrogens is 1. The van der Waals surface area contributed by atoms with E-state index in [4.69, 9.17) is 4.74 Å². The minimum Gasteiger partial charge on any atom is -0.507 e. The number of hydrogen-bond acceptors (Lipinski definition) is 3. The number of methoxy groups -OCH3 is 1. The Bertz CT molecular complexity index is 1150. The molecule has 5 heteroatoms. The van der Waals surface area contributed by atoms with Gasteiger partial charge in [0.05, 0.1) is 35.6 Å². The smallest absolute Gasteiger partial charge is 0.338 e. The first-order valence-electron chi connectivity index (χ1n) is 8.16. The number of carbonyl (C=O) groups excluding carboxylic acids is 1. The average Bonchev–Trinajstić information content (AvgIpc) is 2.98. The minimum absolute atomic E-state index is 0.0659. The molecule has 3 aromatic carbocycles. The van der Waals surface area contributed by atoms with E-state index in [-0.39, 0.29) is 18.1 Å². The van der Waals surface area contributed by atoms with Crippen molar-refractivity contribution >= 4 is 27.8 Å². The molecule has 0 aliphatic rings. The maximum atomic E-state index is 14.2. The number of phenols is 1. The Morgan fingerprint density at radius 3 is 2.42 bits per heavy atom. The lowest BCUT2D eigenvalue weighted by atomic mass is 10.1. The third-order valence-electron chi connectivity index (χ3n) is 4.59. The van der Waals surface area contributed by atoms with Crippen molar-refractivity contribution in [2.24, 2.45) is 0 Å². The van der Waals surface area contributed by atoms with Crippen LogP contribution < -0.4 is 0 Å². The van der Waals surface area contributed by atoms with E-state index < -0.39 is 5.97 Å². The van der Waals surface area contributed by atoms with Gasteiger partial charge in [-0.15, -0.1) is 0 Å². The molecule has 130 valence electrons. The molecule has 1 N–H and O–H groups in total. The number of nitrogens with zero attached hydrogens (tertiary/aromatic N) is 1. The molecule has 0 aliphatic heterocycles. The Morgan fingerprint density at radius 2 is 1.69 bits per heavy atom. The fourth-order valence-electron chi connectivity index (χ4n) is 3.41. The lowest BCUT2D eigenvalue weighted by Crippen LogP contribution is -2.03. The molecule has 1 heterocycles. The summed E-state index contributed by atoms with van der Waals surface area (Å²) in [5.74, 6) is -0.716. The number of esters is 1. The molecule has 26 heavy (non-hydrogen) atoms. The number of rotatable bonds is 3. The van der Waals surface area contributed by atoms with Crippen LogP contribution in [0.5, 0.6) is 5.75 Å². The number of carbonyl (C=O) groups is 1. The topological polar surface area (TPSA) is 51.5 Å². The van der Waals surface area contributed by atoms with Gasteiger partial charge < -0.3 is 14.4 Å². The van der Waals surface area contributed by atoms with Gasteiger partial charge in [-0.05, 0) is 30.3 Å². The van der Waals surface area contributed by atoms with Gasteiger partial charge in [0.25, 0.3) is 0 Å². The summed E-state index contributed by atoms with van der Waals surface area (Å²) >= 11 is 0. The molecule has 0 fully saturated rings. The van der Waals surface area contributed by atoms with Gasteiger partial charge in [0, 0.05) is 10.9 Å². The lowest BCUT2D eigenvalue weighted by molar-refractivity contribution is 0.0603. The second-order valence-electron chi connectivity index (χ2n) is 6.04. The largest absolute Gasteiger partial charge is 0.507 e. The maximum Gasteiger partial charge on any atom is 0.338 e. The number of phenolic OH excluding ortho intramolecular Hbond substituents is 1. The fraction of sp³-hybridized carbons (Fsp3) is 0.0952. The summed E-state index contributed by atoms with van der Waals surface area (Å²) in [6.07, 6.45) is 0. The first-order valence-corrected chi connectivity index (χ1v) is 8.16. The van der Waals surface area contributed by atoms with Gasteiger partial charge in [0.2, 0.25) is 0 Å². The molecule has 0 unspecified atom stereocenters. The van der Waals surface area contributed by atoms with Crippen LogP contribution in [0.4, 0.5) is 4.39 Å². The zero-order valence-corrected chi connectivity index (χ0v) is 14.1. The molecular weight excluding hydrogens is 333 g/mol. The summed E-state index contributed by atoms with van der Waals surface area (Å²) < 4.78 is 21.0. The van der Waals surface area contributed by atoms with Crippen molar-refractivity contribution in [3.05, 3.63) is 77.6 Å². The van der Waals surface area contributed by atoms with E-state index in [0.29, 0.717) is 21.9 Å². The monoisotopic (exact) mass is 349 g/mol. The van der Waals surface area contributed by atoms with Crippen LogP contribution in [-0.4, -0.2) is 22.8 Å². The Labute approximate surface area is 149 Å². The van der Waals surface area contributed by atoms with Gasteiger partial charge in [0.15, 0.2) is 0 Å². The highest BCUT2D eigenvalue weighted by molar-refractivity contribution is 6.19. The third kappa shape index (κ3) is 2.40. The number of hydrogen-bond donors (Lipinski definition) is 1. The fourth-order valence-corrected chi connectivity index (χ4v) is 3.41. The van der Waals surface area contributed by atoms with Gasteiger partial charge in [0.1, 0.15) is 11.6 Å². The van der Waals surface area contributed by atoms with Crippen molar-refractivity contribution in [1.82, 2.24) is 4.57 Å².